The van der Waals surface area contributed by atoms with E-state index in [0.717, 1.165) is 11.3 Å². The van der Waals surface area contributed by atoms with Crippen LogP contribution in [0.15, 0.2) is 58.1 Å². The minimum atomic E-state index is -0.423. The third kappa shape index (κ3) is 4.68. The summed E-state index contributed by atoms with van der Waals surface area (Å²) in [6.07, 6.45) is 1.50. The summed E-state index contributed by atoms with van der Waals surface area (Å²) in [6.45, 7) is 0.734. The van der Waals surface area contributed by atoms with E-state index in [9.17, 15) is 14.4 Å². The van der Waals surface area contributed by atoms with Gasteiger partial charge in [0, 0.05) is 19.5 Å². The monoisotopic (exact) mass is 381 g/mol. The van der Waals surface area contributed by atoms with Crippen LogP contribution in [-0.2, 0) is 17.9 Å². The van der Waals surface area contributed by atoms with Gasteiger partial charge in [0.25, 0.3) is 5.56 Å². The van der Waals surface area contributed by atoms with Gasteiger partial charge in [-0.25, -0.2) is 4.79 Å². The second-order valence-corrected chi connectivity index (χ2v) is 6.51. The summed E-state index contributed by atoms with van der Waals surface area (Å²) in [5.41, 5.74) is 0.797. The van der Waals surface area contributed by atoms with Crippen LogP contribution in [0.1, 0.15) is 24.8 Å². The number of aromatic nitrogens is 2. The number of H-pyrrole nitrogens is 1. The molecule has 0 saturated carbocycles. The number of benzene rings is 2. The van der Waals surface area contributed by atoms with Crippen molar-refractivity contribution in [1.29, 1.82) is 0 Å². The molecule has 0 bridgehead atoms. The van der Waals surface area contributed by atoms with Gasteiger partial charge in [0.05, 0.1) is 18.0 Å². The third-order valence-corrected chi connectivity index (χ3v) is 4.57. The van der Waals surface area contributed by atoms with Gasteiger partial charge in [-0.05, 0) is 42.7 Å². The van der Waals surface area contributed by atoms with Crippen LogP contribution in [-0.4, -0.2) is 22.6 Å². The molecule has 3 aromatic rings. The Hall–Kier alpha value is -3.35. The minimum Gasteiger partial charge on any atom is -0.497 e. The quantitative estimate of drug-likeness (QED) is 0.585. The Morgan fingerprint density at radius 2 is 1.82 bits per heavy atom. The molecular formula is C21H23N3O4. The van der Waals surface area contributed by atoms with Crippen LogP contribution in [0.4, 0.5) is 0 Å². The summed E-state index contributed by atoms with van der Waals surface area (Å²) in [6, 6.07) is 14.4. The molecule has 0 aliphatic rings. The highest BCUT2D eigenvalue weighted by atomic mass is 16.5. The molecule has 3 rings (SSSR count). The zero-order valence-electron chi connectivity index (χ0n) is 15.7. The van der Waals surface area contributed by atoms with Gasteiger partial charge in [-0.1, -0.05) is 24.3 Å². The highest BCUT2D eigenvalue weighted by molar-refractivity contribution is 5.77. The van der Waals surface area contributed by atoms with Crippen LogP contribution in [0.5, 0.6) is 5.75 Å². The third-order valence-electron chi connectivity index (χ3n) is 4.57. The van der Waals surface area contributed by atoms with E-state index in [4.69, 9.17) is 4.74 Å². The fourth-order valence-electron chi connectivity index (χ4n) is 2.99. The fraction of sp³-hybridized carbons (Fsp3) is 0.286. The zero-order valence-corrected chi connectivity index (χ0v) is 15.7. The molecule has 0 spiro atoms. The van der Waals surface area contributed by atoms with Gasteiger partial charge in [-0.15, -0.1) is 0 Å². The lowest BCUT2D eigenvalue weighted by Crippen LogP contribution is -2.35. The van der Waals surface area contributed by atoms with Gasteiger partial charge in [-0.2, -0.15) is 0 Å². The minimum absolute atomic E-state index is 0.0596. The number of rotatable bonds is 8. The first-order valence-corrected chi connectivity index (χ1v) is 9.20. The average molecular weight is 381 g/mol. The van der Waals surface area contributed by atoms with Gasteiger partial charge in [0.2, 0.25) is 5.91 Å². The van der Waals surface area contributed by atoms with Crippen LogP contribution < -0.4 is 21.3 Å². The Bertz CT molecular complexity index is 1070. The Kier molecular flexibility index (Phi) is 6.26. The van der Waals surface area contributed by atoms with E-state index < -0.39 is 5.69 Å². The number of nitrogens with one attached hydrogen (secondary N) is 2. The zero-order chi connectivity index (χ0) is 19.9. The second kappa shape index (κ2) is 9.03. The van der Waals surface area contributed by atoms with Crippen LogP contribution in [0.25, 0.3) is 10.9 Å². The maximum atomic E-state index is 12.4. The number of carbonyl (C=O) groups is 1. The van der Waals surface area contributed by atoms with Crippen molar-refractivity contribution >= 4 is 16.8 Å². The summed E-state index contributed by atoms with van der Waals surface area (Å²) in [4.78, 5) is 39.2. The van der Waals surface area contributed by atoms with Crippen molar-refractivity contribution < 1.29 is 9.53 Å². The Balaban J connectivity index is 1.47. The predicted octanol–water partition coefficient (Wildman–Crippen LogP) is 2.19. The highest BCUT2D eigenvalue weighted by Gasteiger charge is 2.07. The number of amides is 1. The number of unbranched alkanes of at least 4 members (excludes halogenated alkanes) is 1. The standard InChI is InChI=1S/C21H23N3O4/c1-28-16-11-9-15(10-12-16)14-22-19(25)8-4-5-13-24-20(26)17-6-2-3-7-18(17)23-21(24)27/h2-3,6-7,9-12H,4-5,8,13-14H2,1H3,(H,22,25)(H,23,27). The first-order chi connectivity index (χ1) is 13.6. The van der Waals surface area contributed by atoms with Crippen LogP contribution in [0.2, 0.25) is 0 Å². The summed E-state index contributed by atoms with van der Waals surface area (Å²) in [5, 5.41) is 3.35. The number of hydrogen-bond donors (Lipinski definition) is 2. The number of aromatic amines is 1. The van der Waals surface area contributed by atoms with Crippen LogP contribution in [0.3, 0.4) is 0 Å². The Labute approximate surface area is 162 Å². The van der Waals surface area contributed by atoms with Crippen molar-refractivity contribution in [2.75, 3.05) is 7.11 Å². The largest absolute Gasteiger partial charge is 0.497 e. The topological polar surface area (TPSA) is 93.2 Å². The molecule has 0 saturated heterocycles. The molecule has 2 N–H and O–H groups in total. The van der Waals surface area contributed by atoms with Crippen molar-refractivity contribution in [3.05, 3.63) is 74.9 Å². The molecule has 0 fully saturated rings. The molecule has 0 radical (unpaired) electrons. The number of para-hydroxylation sites is 1. The maximum absolute atomic E-state index is 12.4. The Morgan fingerprint density at radius 1 is 1.07 bits per heavy atom. The van der Waals surface area contributed by atoms with E-state index in [1.165, 1.54) is 4.57 Å². The number of ether oxygens (including phenoxy) is 1. The number of carbonyl (C=O) groups excluding carboxylic acids is 1. The first-order valence-electron chi connectivity index (χ1n) is 9.20. The van der Waals surface area contributed by atoms with E-state index in [1.54, 1.807) is 31.4 Å². The summed E-state index contributed by atoms with van der Waals surface area (Å²) in [5.74, 6) is 0.713. The van der Waals surface area contributed by atoms with E-state index in [2.05, 4.69) is 10.3 Å². The van der Waals surface area contributed by atoms with Crippen molar-refractivity contribution in [3.63, 3.8) is 0 Å². The molecule has 0 aliphatic heterocycles. The second-order valence-electron chi connectivity index (χ2n) is 6.51. The van der Waals surface area contributed by atoms with Gasteiger partial charge in [0.15, 0.2) is 0 Å². The maximum Gasteiger partial charge on any atom is 0.328 e. The molecule has 7 nitrogen and oxygen atoms in total. The molecule has 0 unspecified atom stereocenters. The van der Waals surface area contributed by atoms with Crippen LogP contribution in [0, 0.1) is 0 Å². The van der Waals surface area contributed by atoms with E-state index >= 15 is 0 Å². The predicted molar refractivity (Wildman–Crippen MR) is 108 cm³/mol. The van der Waals surface area contributed by atoms with Crippen molar-refractivity contribution in [2.45, 2.75) is 32.4 Å². The molecule has 1 aromatic heterocycles. The smallest absolute Gasteiger partial charge is 0.328 e. The lowest BCUT2D eigenvalue weighted by atomic mass is 10.2. The van der Waals surface area contributed by atoms with Gasteiger partial charge < -0.3 is 15.0 Å². The number of fused-ring (bicyclic) bond motifs is 1. The highest BCUT2D eigenvalue weighted by Crippen LogP contribution is 2.11. The number of nitrogens with zero attached hydrogens (tertiary/aromatic N) is 1. The lowest BCUT2D eigenvalue weighted by Gasteiger charge is -2.08. The molecule has 1 amide bonds. The van der Waals surface area contributed by atoms with E-state index in [-0.39, 0.29) is 18.0 Å². The van der Waals surface area contributed by atoms with Gasteiger partial charge in [-0.3, -0.25) is 14.2 Å². The molecule has 0 atom stereocenters. The fourth-order valence-corrected chi connectivity index (χ4v) is 2.99. The molecule has 1 heterocycles. The Morgan fingerprint density at radius 3 is 2.57 bits per heavy atom. The summed E-state index contributed by atoms with van der Waals surface area (Å²) >= 11 is 0. The van der Waals surface area contributed by atoms with Gasteiger partial charge >= 0.3 is 5.69 Å². The van der Waals surface area contributed by atoms with Crippen molar-refractivity contribution in [3.8, 4) is 5.75 Å². The number of methoxy groups -OCH3 is 1. The molecule has 2 aromatic carbocycles. The average Bonchev–Trinajstić information content (AvgIpc) is 2.72. The summed E-state index contributed by atoms with van der Waals surface area (Å²) < 4.78 is 6.29. The lowest BCUT2D eigenvalue weighted by molar-refractivity contribution is -0.121. The van der Waals surface area contributed by atoms with Crippen LogP contribution >= 0.6 is 0 Å². The van der Waals surface area contributed by atoms with Gasteiger partial charge in [0.1, 0.15) is 5.75 Å². The molecule has 146 valence electrons. The molecule has 7 heteroatoms. The van der Waals surface area contributed by atoms with Crippen molar-refractivity contribution in [1.82, 2.24) is 14.9 Å². The van der Waals surface area contributed by atoms with E-state index in [0.29, 0.717) is 36.7 Å². The molecule has 0 aliphatic carbocycles. The summed E-state index contributed by atoms with van der Waals surface area (Å²) in [7, 11) is 1.61. The van der Waals surface area contributed by atoms with E-state index in [1.807, 2.05) is 24.3 Å². The first kappa shape index (κ1) is 19.4. The SMILES string of the molecule is COc1ccc(CNC(=O)CCCCn2c(=O)[nH]c3ccccc3c2=O)cc1. The normalized spacial score (nSPS) is 10.8. The molecular weight excluding hydrogens is 358 g/mol. The molecule has 28 heavy (non-hydrogen) atoms. The van der Waals surface area contributed by atoms with Crippen molar-refractivity contribution in [2.24, 2.45) is 0 Å². The number of hydrogen-bond acceptors (Lipinski definition) is 4.